The molecule has 0 unspecified atom stereocenters. The standard InChI is InChI=1S/C35H41N5O4/c1-26(36-2)33(42)38-30(23-28-15-8-4-9-16-28)34(43)37-25-32(41)40-22-21-39(20-12-19-27-13-6-3-7-14-27)35(44)31(40)24-29-17-10-5-11-18-29/h3-11,13-18,21-22,26,30-31,36H,12,19-20,23-25H2,1-2H3,(H,37,43)(H,38,42)/t26-,30-,31-/m0/s1. The van der Waals surface area contributed by atoms with Crippen LogP contribution in [0.25, 0.3) is 0 Å². The predicted molar refractivity (Wildman–Crippen MR) is 170 cm³/mol. The Hall–Kier alpha value is -4.76. The van der Waals surface area contributed by atoms with Gasteiger partial charge in [0.05, 0.1) is 12.6 Å². The van der Waals surface area contributed by atoms with Crippen LogP contribution in [0.3, 0.4) is 0 Å². The largest absolute Gasteiger partial charge is 0.345 e. The van der Waals surface area contributed by atoms with Gasteiger partial charge in [-0.3, -0.25) is 19.2 Å². The van der Waals surface area contributed by atoms with Crippen molar-refractivity contribution in [1.82, 2.24) is 25.8 Å². The summed E-state index contributed by atoms with van der Waals surface area (Å²) in [7, 11) is 1.67. The number of carbonyl (C=O) groups is 4. The minimum Gasteiger partial charge on any atom is -0.345 e. The van der Waals surface area contributed by atoms with Crippen molar-refractivity contribution in [2.45, 2.75) is 50.7 Å². The number of nitrogens with one attached hydrogen (secondary N) is 3. The highest BCUT2D eigenvalue weighted by Crippen LogP contribution is 2.19. The molecule has 4 amide bonds. The smallest absolute Gasteiger partial charge is 0.250 e. The monoisotopic (exact) mass is 595 g/mol. The summed E-state index contributed by atoms with van der Waals surface area (Å²) in [5, 5.41) is 8.36. The fourth-order valence-corrected chi connectivity index (χ4v) is 5.07. The summed E-state index contributed by atoms with van der Waals surface area (Å²) >= 11 is 0. The third kappa shape index (κ3) is 9.12. The summed E-state index contributed by atoms with van der Waals surface area (Å²) in [5.74, 6) is -1.39. The maximum atomic E-state index is 13.7. The Morgan fingerprint density at radius 3 is 2.00 bits per heavy atom. The van der Waals surface area contributed by atoms with Crippen LogP contribution in [0, 0.1) is 0 Å². The van der Waals surface area contributed by atoms with Crippen molar-refractivity contribution in [2.24, 2.45) is 0 Å². The number of hydrogen-bond donors (Lipinski definition) is 3. The van der Waals surface area contributed by atoms with E-state index in [1.54, 1.807) is 31.3 Å². The van der Waals surface area contributed by atoms with Crippen LogP contribution in [-0.4, -0.2) is 71.7 Å². The molecule has 0 saturated carbocycles. The van der Waals surface area contributed by atoms with Gasteiger partial charge in [-0.05, 0) is 43.5 Å². The van der Waals surface area contributed by atoms with Gasteiger partial charge in [0.2, 0.25) is 23.6 Å². The zero-order valence-electron chi connectivity index (χ0n) is 25.3. The van der Waals surface area contributed by atoms with Crippen molar-refractivity contribution in [2.75, 3.05) is 20.1 Å². The van der Waals surface area contributed by atoms with Crippen LogP contribution in [-0.2, 0) is 38.4 Å². The third-order valence-electron chi connectivity index (χ3n) is 7.73. The Morgan fingerprint density at radius 2 is 1.39 bits per heavy atom. The molecule has 0 radical (unpaired) electrons. The average Bonchev–Trinajstić information content (AvgIpc) is 3.05. The van der Waals surface area contributed by atoms with E-state index in [0.717, 1.165) is 24.0 Å². The minimum atomic E-state index is -0.882. The highest BCUT2D eigenvalue weighted by Gasteiger charge is 2.35. The Kier molecular flexibility index (Phi) is 11.8. The van der Waals surface area contributed by atoms with E-state index in [9.17, 15) is 19.2 Å². The number of benzene rings is 3. The second-order valence-electron chi connectivity index (χ2n) is 10.9. The Balaban J connectivity index is 1.44. The van der Waals surface area contributed by atoms with Gasteiger partial charge < -0.3 is 25.8 Å². The molecule has 1 aliphatic rings. The number of nitrogens with zero attached hydrogens (tertiary/aromatic N) is 2. The molecule has 1 aliphatic heterocycles. The molecule has 1 heterocycles. The van der Waals surface area contributed by atoms with Gasteiger partial charge in [-0.25, -0.2) is 0 Å². The highest BCUT2D eigenvalue weighted by molar-refractivity contribution is 5.94. The molecule has 0 aromatic heterocycles. The van der Waals surface area contributed by atoms with Crippen molar-refractivity contribution in [3.63, 3.8) is 0 Å². The SMILES string of the molecule is CN[C@@H](C)C(=O)N[C@@H](Cc1ccccc1)C(=O)NCC(=O)N1C=CN(CCCc2ccccc2)C(=O)[C@@H]1Cc1ccccc1. The molecule has 0 spiro atoms. The second kappa shape index (κ2) is 16.2. The maximum absolute atomic E-state index is 13.7. The molecule has 230 valence electrons. The molecular weight excluding hydrogens is 554 g/mol. The minimum absolute atomic E-state index is 0.167. The molecule has 44 heavy (non-hydrogen) atoms. The van der Waals surface area contributed by atoms with Crippen molar-refractivity contribution in [3.05, 3.63) is 120 Å². The van der Waals surface area contributed by atoms with Crippen LogP contribution >= 0.6 is 0 Å². The average molecular weight is 596 g/mol. The van der Waals surface area contributed by atoms with Crippen molar-refractivity contribution >= 4 is 23.6 Å². The Labute approximate surface area is 259 Å². The van der Waals surface area contributed by atoms with Crippen LogP contribution in [0.2, 0.25) is 0 Å². The molecule has 3 aromatic rings. The molecule has 9 nitrogen and oxygen atoms in total. The molecule has 4 rings (SSSR count). The van der Waals surface area contributed by atoms with Crippen LogP contribution in [0.5, 0.6) is 0 Å². The zero-order valence-corrected chi connectivity index (χ0v) is 25.3. The molecule has 3 aromatic carbocycles. The number of hydrogen-bond acceptors (Lipinski definition) is 5. The molecule has 3 N–H and O–H groups in total. The lowest BCUT2D eigenvalue weighted by Gasteiger charge is -2.36. The van der Waals surface area contributed by atoms with Gasteiger partial charge in [0.25, 0.3) is 0 Å². The van der Waals surface area contributed by atoms with E-state index in [1.807, 2.05) is 78.9 Å². The summed E-state index contributed by atoms with van der Waals surface area (Å²) in [6.07, 6.45) is 5.50. The van der Waals surface area contributed by atoms with Gasteiger partial charge in [0, 0.05) is 31.8 Å². The lowest BCUT2D eigenvalue weighted by Crippen LogP contribution is -2.56. The fourth-order valence-electron chi connectivity index (χ4n) is 5.07. The first kappa shape index (κ1) is 32.2. The number of likely N-dealkylation sites (N-methyl/N-ethyl adjacent to an activating group) is 1. The number of amides is 4. The first-order valence-electron chi connectivity index (χ1n) is 15.0. The Bertz CT molecular complexity index is 1410. The zero-order chi connectivity index (χ0) is 31.3. The van der Waals surface area contributed by atoms with E-state index in [-0.39, 0.29) is 24.8 Å². The molecule has 0 saturated heterocycles. The first-order valence-corrected chi connectivity index (χ1v) is 15.0. The van der Waals surface area contributed by atoms with E-state index in [0.29, 0.717) is 13.0 Å². The van der Waals surface area contributed by atoms with Gasteiger partial charge in [0.15, 0.2) is 0 Å². The van der Waals surface area contributed by atoms with E-state index in [2.05, 4.69) is 28.1 Å². The summed E-state index contributed by atoms with van der Waals surface area (Å²) in [5.41, 5.74) is 3.00. The number of rotatable bonds is 14. The van der Waals surface area contributed by atoms with E-state index < -0.39 is 29.9 Å². The van der Waals surface area contributed by atoms with E-state index in [1.165, 1.54) is 10.5 Å². The van der Waals surface area contributed by atoms with Gasteiger partial charge in [-0.1, -0.05) is 91.0 Å². The highest BCUT2D eigenvalue weighted by atomic mass is 16.2. The van der Waals surface area contributed by atoms with Gasteiger partial charge >= 0.3 is 0 Å². The lowest BCUT2D eigenvalue weighted by atomic mass is 10.0. The molecule has 9 heteroatoms. The Morgan fingerprint density at radius 1 is 0.795 bits per heavy atom. The summed E-state index contributed by atoms with van der Waals surface area (Å²) in [6.45, 7) is 1.91. The fraction of sp³-hybridized carbons (Fsp3) is 0.314. The molecule has 3 atom stereocenters. The quantitative estimate of drug-likeness (QED) is 0.266. The third-order valence-corrected chi connectivity index (χ3v) is 7.73. The molecular formula is C35H41N5O4. The first-order chi connectivity index (χ1) is 21.4. The summed E-state index contributed by atoms with van der Waals surface area (Å²) in [6, 6.07) is 26.9. The normalized spacial score (nSPS) is 15.9. The molecule has 0 bridgehead atoms. The van der Waals surface area contributed by atoms with Crippen LogP contribution in [0.15, 0.2) is 103 Å². The maximum Gasteiger partial charge on any atom is 0.250 e. The van der Waals surface area contributed by atoms with E-state index >= 15 is 0 Å². The van der Waals surface area contributed by atoms with Crippen molar-refractivity contribution in [1.29, 1.82) is 0 Å². The molecule has 0 aliphatic carbocycles. The van der Waals surface area contributed by atoms with Crippen molar-refractivity contribution < 1.29 is 19.2 Å². The van der Waals surface area contributed by atoms with Gasteiger partial charge in [-0.2, -0.15) is 0 Å². The van der Waals surface area contributed by atoms with Gasteiger partial charge in [0.1, 0.15) is 12.1 Å². The van der Waals surface area contributed by atoms with Crippen molar-refractivity contribution in [3.8, 4) is 0 Å². The summed E-state index contributed by atoms with van der Waals surface area (Å²) in [4.78, 5) is 56.2. The molecule has 0 fully saturated rings. The van der Waals surface area contributed by atoms with Gasteiger partial charge in [-0.15, -0.1) is 0 Å². The van der Waals surface area contributed by atoms with Crippen LogP contribution < -0.4 is 16.0 Å². The van der Waals surface area contributed by atoms with Crippen LogP contribution in [0.4, 0.5) is 0 Å². The second-order valence-corrected chi connectivity index (χ2v) is 10.9. The topological polar surface area (TPSA) is 111 Å². The summed E-state index contributed by atoms with van der Waals surface area (Å²) < 4.78 is 0. The number of carbonyl (C=O) groups excluding carboxylic acids is 4. The number of aryl methyl sites for hydroxylation is 1. The van der Waals surface area contributed by atoms with Crippen LogP contribution in [0.1, 0.15) is 30.0 Å². The lowest BCUT2D eigenvalue weighted by molar-refractivity contribution is -0.143. The van der Waals surface area contributed by atoms with E-state index in [4.69, 9.17) is 0 Å². The predicted octanol–water partition coefficient (Wildman–Crippen LogP) is 2.82.